The van der Waals surface area contributed by atoms with E-state index in [0.29, 0.717) is 18.5 Å². The van der Waals surface area contributed by atoms with E-state index in [9.17, 15) is 17.6 Å². The van der Waals surface area contributed by atoms with Gasteiger partial charge in [-0.3, -0.25) is 4.90 Å². The lowest BCUT2D eigenvalue weighted by Crippen LogP contribution is -2.48. The summed E-state index contributed by atoms with van der Waals surface area (Å²) in [4.78, 5) is 19.0. The zero-order valence-corrected chi connectivity index (χ0v) is 20.7. The van der Waals surface area contributed by atoms with Crippen molar-refractivity contribution in [1.82, 2.24) is 14.2 Å². The summed E-state index contributed by atoms with van der Waals surface area (Å²) in [6, 6.07) is 0.960. The second kappa shape index (κ2) is 9.11. The number of nitrogens with zero attached hydrogens (tertiary/aromatic N) is 4. The Morgan fingerprint density at radius 3 is 2.27 bits per heavy atom. The van der Waals surface area contributed by atoms with E-state index in [2.05, 4.69) is 30.7 Å². The van der Waals surface area contributed by atoms with Crippen molar-refractivity contribution in [2.24, 2.45) is 10.8 Å². The minimum absolute atomic E-state index is 0.157. The van der Waals surface area contributed by atoms with Gasteiger partial charge in [0.25, 0.3) is 0 Å². The molecule has 0 N–H and O–H groups in total. The smallest absolute Gasteiger partial charge is 0.415 e. The minimum atomic E-state index is -3.84. The molecule has 3 aliphatic heterocycles. The Bertz CT molecular complexity index is 977. The molecule has 3 aliphatic rings. The number of carbonyl (C=O) groups excluding carboxylic acids is 1. The Morgan fingerprint density at radius 2 is 1.73 bits per heavy atom. The van der Waals surface area contributed by atoms with Crippen molar-refractivity contribution >= 4 is 21.9 Å². The van der Waals surface area contributed by atoms with Gasteiger partial charge in [0.2, 0.25) is 10.0 Å². The molecule has 0 aliphatic carbocycles. The number of hydrogen-bond donors (Lipinski definition) is 0. The highest BCUT2D eigenvalue weighted by Crippen LogP contribution is 2.42. The number of anilines is 1. The molecule has 1 aromatic rings. The van der Waals surface area contributed by atoms with Crippen LogP contribution in [-0.4, -0.2) is 74.6 Å². The van der Waals surface area contributed by atoms with Crippen LogP contribution in [0.3, 0.4) is 0 Å². The van der Waals surface area contributed by atoms with Crippen LogP contribution in [0.15, 0.2) is 17.2 Å². The third-order valence-corrected chi connectivity index (χ3v) is 9.19. The molecule has 1 spiro atoms. The largest absolute Gasteiger partial charge is 0.447 e. The molecule has 1 aromatic heterocycles. The molecule has 0 unspecified atom stereocenters. The SMILES string of the molecule is CC(C)(C)CCN1CCC2(CC1)CCN(S(=O)(=O)c1cnc(N3CCOC3=O)c(F)c1)CC2. The lowest BCUT2D eigenvalue weighted by atomic mass is 9.71. The molecule has 10 heteroatoms. The summed E-state index contributed by atoms with van der Waals surface area (Å²) in [5, 5.41) is 0. The second-order valence-corrected chi connectivity index (χ2v) is 12.7. The van der Waals surface area contributed by atoms with E-state index in [1.54, 1.807) is 0 Å². The maximum Gasteiger partial charge on any atom is 0.415 e. The van der Waals surface area contributed by atoms with Crippen LogP contribution in [-0.2, 0) is 14.8 Å². The van der Waals surface area contributed by atoms with E-state index in [4.69, 9.17) is 4.74 Å². The number of amides is 1. The van der Waals surface area contributed by atoms with Crippen LogP contribution in [0.25, 0.3) is 0 Å². The number of halogens is 1. The summed E-state index contributed by atoms with van der Waals surface area (Å²) < 4.78 is 47.2. The Hall–Kier alpha value is -1.78. The first-order chi connectivity index (χ1) is 15.5. The first-order valence-electron chi connectivity index (χ1n) is 11.8. The first-order valence-corrected chi connectivity index (χ1v) is 13.3. The van der Waals surface area contributed by atoms with E-state index in [-0.39, 0.29) is 29.3 Å². The van der Waals surface area contributed by atoms with Crippen molar-refractivity contribution in [2.75, 3.05) is 50.8 Å². The van der Waals surface area contributed by atoms with Gasteiger partial charge in [-0.05, 0) is 68.6 Å². The van der Waals surface area contributed by atoms with Gasteiger partial charge in [0.15, 0.2) is 11.6 Å². The minimum Gasteiger partial charge on any atom is -0.447 e. The van der Waals surface area contributed by atoms with Crippen molar-refractivity contribution in [1.29, 1.82) is 0 Å². The van der Waals surface area contributed by atoms with Crippen molar-refractivity contribution in [3.63, 3.8) is 0 Å². The van der Waals surface area contributed by atoms with Gasteiger partial charge in [0.1, 0.15) is 11.5 Å². The molecule has 33 heavy (non-hydrogen) atoms. The molecule has 3 saturated heterocycles. The molecule has 8 nitrogen and oxygen atoms in total. The van der Waals surface area contributed by atoms with Crippen molar-refractivity contribution < 1.29 is 22.3 Å². The van der Waals surface area contributed by atoms with Gasteiger partial charge in [-0.25, -0.2) is 22.6 Å². The van der Waals surface area contributed by atoms with Gasteiger partial charge >= 0.3 is 6.09 Å². The first kappa shape index (κ1) is 24.3. The fourth-order valence-electron chi connectivity index (χ4n) is 4.93. The van der Waals surface area contributed by atoms with E-state index in [1.165, 1.54) is 10.7 Å². The Labute approximate surface area is 196 Å². The summed E-state index contributed by atoms with van der Waals surface area (Å²) in [5.41, 5.74) is 0.535. The number of likely N-dealkylation sites (tertiary alicyclic amines) is 1. The van der Waals surface area contributed by atoms with Crippen LogP contribution < -0.4 is 4.90 Å². The van der Waals surface area contributed by atoms with Gasteiger partial charge in [-0.1, -0.05) is 20.8 Å². The second-order valence-electron chi connectivity index (χ2n) is 10.8. The van der Waals surface area contributed by atoms with Crippen molar-refractivity contribution in [3.05, 3.63) is 18.1 Å². The molecule has 0 aromatic carbocycles. The Balaban J connectivity index is 1.36. The number of ether oxygens (including phenoxy) is 1. The average Bonchev–Trinajstić information content (AvgIpc) is 3.18. The molecule has 0 bridgehead atoms. The van der Waals surface area contributed by atoms with Gasteiger partial charge in [-0.2, -0.15) is 4.31 Å². The fraction of sp³-hybridized carbons (Fsp3) is 0.739. The van der Waals surface area contributed by atoms with Crippen LogP contribution in [0.5, 0.6) is 0 Å². The Morgan fingerprint density at radius 1 is 1.09 bits per heavy atom. The number of pyridine rings is 1. The van der Waals surface area contributed by atoms with E-state index in [0.717, 1.165) is 62.5 Å². The van der Waals surface area contributed by atoms with Gasteiger partial charge in [0.05, 0.1) is 6.54 Å². The highest BCUT2D eigenvalue weighted by Gasteiger charge is 2.41. The van der Waals surface area contributed by atoms with Crippen LogP contribution in [0, 0.1) is 16.6 Å². The molecule has 0 saturated carbocycles. The van der Waals surface area contributed by atoms with E-state index < -0.39 is 21.9 Å². The Kier molecular flexibility index (Phi) is 6.72. The maximum absolute atomic E-state index is 14.6. The van der Waals surface area contributed by atoms with Crippen molar-refractivity contribution in [3.8, 4) is 0 Å². The van der Waals surface area contributed by atoms with Crippen LogP contribution in [0.1, 0.15) is 52.9 Å². The molecule has 0 radical (unpaired) electrons. The quantitative estimate of drug-likeness (QED) is 0.639. The zero-order valence-electron chi connectivity index (χ0n) is 19.8. The number of cyclic esters (lactones) is 1. The fourth-order valence-corrected chi connectivity index (χ4v) is 6.33. The predicted molar refractivity (Wildman–Crippen MR) is 123 cm³/mol. The summed E-state index contributed by atoms with van der Waals surface area (Å²) in [5.74, 6) is -1.04. The van der Waals surface area contributed by atoms with Gasteiger partial charge < -0.3 is 9.64 Å². The number of aromatic nitrogens is 1. The van der Waals surface area contributed by atoms with Gasteiger partial charge in [-0.15, -0.1) is 0 Å². The normalized spacial score (nSPS) is 22.7. The number of piperidine rings is 2. The highest BCUT2D eigenvalue weighted by atomic mass is 32.2. The maximum atomic E-state index is 14.6. The lowest BCUT2D eigenvalue weighted by Gasteiger charge is -2.46. The van der Waals surface area contributed by atoms with Crippen LogP contribution >= 0.6 is 0 Å². The molecule has 184 valence electrons. The standard InChI is InChI=1S/C23H35FN4O4S/c1-22(2,3)4-9-26-10-5-23(6-11-26)7-12-27(13-8-23)33(30,31)18-16-19(24)20(25-17-18)28-14-15-32-21(28)29/h16-17H,4-15H2,1-3H3. The number of rotatable bonds is 5. The lowest BCUT2D eigenvalue weighted by molar-refractivity contribution is 0.0518. The molecular weight excluding hydrogens is 447 g/mol. The summed E-state index contributed by atoms with van der Waals surface area (Å²) in [6.07, 6.45) is 5.48. The number of sulfonamides is 1. The monoisotopic (exact) mass is 482 g/mol. The third kappa shape index (κ3) is 5.33. The topological polar surface area (TPSA) is 83.1 Å². The highest BCUT2D eigenvalue weighted by molar-refractivity contribution is 7.89. The third-order valence-electron chi connectivity index (χ3n) is 7.33. The average molecular weight is 483 g/mol. The number of hydrogen-bond acceptors (Lipinski definition) is 6. The van der Waals surface area contributed by atoms with Crippen LogP contribution in [0.2, 0.25) is 0 Å². The van der Waals surface area contributed by atoms with E-state index in [1.807, 2.05) is 0 Å². The number of carbonyl (C=O) groups is 1. The molecule has 0 atom stereocenters. The van der Waals surface area contributed by atoms with E-state index >= 15 is 0 Å². The molecule has 3 fully saturated rings. The summed E-state index contributed by atoms with van der Waals surface area (Å²) in [7, 11) is -3.84. The molecule has 1 amide bonds. The van der Waals surface area contributed by atoms with Crippen LogP contribution in [0.4, 0.5) is 15.0 Å². The molecule has 4 heterocycles. The zero-order chi connectivity index (χ0) is 23.9. The summed E-state index contributed by atoms with van der Waals surface area (Å²) >= 11 is 0. The van der Waals surface area contributed by atoms with Gasteiger partial charge in [0, 0.05) is 19.3 Å². The molecule has 4 rings (SSSR count). The summed E-state index contributed by atoms with van der Waals surface area (Å²) in [6.45, 7) is 11.3. The molecular formula is C23H35FN4O4S. The predicted octanol–water partition coefficient (Wildman–Crippen LogP) is 3.48. The van der Waals surface area contributed by atoms with Crippen molar-refractivity contribution in [2.45, 2.75) is 57.8 Å².